The van der Waals surface area contributed by atoms with Gasteiger partial charge in [0.1, 0.15) is 16.8 Å². The van der Waals surface area contributed by atoms with Gasteiger partial charge >= 0.3 is 0 Å². The molecule has 4 rings (SSSR count). The number of carbonyl (C=O) groups excluding carboxylic acids is 2. The number of nitrogens with one attached hydrogen (secondary N) is 1. The number of aromatic nitrogens is 2. The van der Waals surface area contributed by atoms with Crippen molar-refractivity contribution in [1.82, 2.24) is 20.2 Å². The van der Waals surface area contributed by atoms with Crippen molar-refractivity contribution in [2.45, 2.75) is 43.0 Å². The molecule has 0 unspecified atom stereocenters. The molecule has 11 heteroatoms. The third-order valence-electron chi connectivity index (χ3n) is 6.32. The second-order valence-corrected chi connectivity index (χ2v) is 11.2. The van der Waals surface area contributed by atoms with Crippen LogP contribution in [0.3, 0.4) is 0 Å². The summed E-state index contributed by atoms with van der Waals surface area (Å²) >= 11 is 6.10. The molecule has 188 valence electrons. The number of likely N-dealkylation sites (tertiary alicyclic amines) is 1. The van der Waals surface area contributed by atoms with Crippen molar-refractivity contribution in [2.75, 3.05) is 44.2 Å². The summed E-state index contributed by atoms with van der Waals surface area (Å²) < 4.78 is 26.0. The number of Topliss-reactive ketones (excluding diaryl/α,β-unsaturated/α-hetero) is 1. The van der Waals surface area contributed by atoms with Gasteiger partial charge < -0.3 is 15.1 Å². The summed E-state index contributed by atoms with van der Waals surface area (Å²) in [7, 11) is -3.87. The SMILES string of the molecule is O=C1CCN(c2cc(Cl)nc(S(=O)(=O)Cc3ccc(C(=O)NCCN4CCCCC4)cc3)n2)CC1. The number of amides is 1. The van der Waals surface area contributed by atoms with Crippen LogP contribution in [-0.2, 0) is 20.4 Å². The minimum atomic E-state index is -3.87. The average molecular weight is 520 g/mol. The van der Waals surface area contributed by atoms with E-state index < -0.39 is 9.84 Å². The van der Waals surface area contributed by atoms with Gasteiger partial charge in [0.2, 0.25) is 9.84 Å². The normalized spacial score (nSPS) is 17.4. The Hall–Kier alpha value is -2.56. The van der Waals surface area contributed by atoms with Gasteiger partial charge in [-0.3, -0.25) is 9.59 Å². The molecular weight excluding hydrogens is 490 g/mol. The van der Waals surface area contributed by atoms with Crippen LogP contribution in [0.1, 0.15) is 48.0 Å². The van der Waals surface area contributed by atoms with Crippen molar-refractivity contribution in [2.24, 2.45) is 0 Å². The molecule has 0 bridgehead atoms. The third kappa shape index (κ3) is 6.99. The highest BCUT2D eigenvalue weighted by atomic mass is 35.5. The van der Waals surface area contributed by atoms with Crippen molar-refractivity contribution in [3.63, 3.8) is 0 Å². The number of hydrogen-bond acceptors (Lipinski definition) is 8. The lowest BCUT2D eigenvalue weighted by Crippen LogP contribution is -2.37. The summed E-state index contributed by atoms with van der Waals surface area (Å²) in [6, 6.07) is 8.00. The van der Waals surface area contributed by atoms with Gasteiger partial charge in [0.15, 0.2) is 0 Å². The Morgan fingerprint density at radius 1 is 1.00 bits per heavy atom. The Morgan fingerprint density at radius 3 is 2.37 bits per heavy atom. The van der Waals surface area contributed by atoms with Crippen molar-refractivity contribution in [3.8, 4) is 0 Å². The van der Waals surface area contributed by atoms with E-state index in [1.165, 1.54) is 25.3 Å². The van der Waals surface area contributed by atoms with Crippen LogP contribution in [0.25, 0.3) is 0 Å². The number of ketones is 1. The fourth-order valence-corrected chi connectivity index (χ4v) is 5.78. The molecule has 0 aliphatic carbocycles. The van der Waals surface area contributed by atoms with Gasteiger partial charge in [0.25, 0.3) is 11.1 Å². The van der Waals surface area contributed by atoms with Crippen molar-refractivity contribution in [3.05, 3.63) is 46.6 Å². The van der Waals surface area contributed by atoms with Crippen LogP contribution in [-0.4, -0.2) is 74.2 Å². The maximum absolute atomic E-state index is 13.0. The Kier molecular flexibility index (Phi) is 8.35. The quantitative estimate of drug-likeness (QED) is 0.418. The molecule has 1 aromatic carbocycles. The molecule has 0 saturated carbocycles. The molecule has 2 aliphatic rings. The number of sulfone groups is 1. The second kappa shape index (κ2) is 11.5. The molecule has 0 atom stereocenters. The average Bonchev–Trinajstić information content (AvgIpc) is 2.85. The van der Waals surface area contributed by atoms with E-state index in [4.69, 9.17) is 11.6 Å². The molecule has 3 heterocycles. The third-order valence-corrected chi connectivity index (χ3v) is 7.97. The molecule has 1 aromatic heterocycles. The first-order chi connectivity index (χ1) is 16.8. The van der Waals surface area contributed by atoms with E-state index in [0.29, 0.717) is 49.4 Å². The fraction of sp³-hybridized carbons (Fsp3) is 0.500. The van der Waals surface area contributed by atoms with Gasteiger partial charge in [-0.1, -0.05) is 30.2 Å². The molecule has 0 radical (unpaired) electrons. The van der Waals surface area contributed by atoms with E-state index in [-0.39, 0.29) is 27.8 Å². The number of carbonyl (C=O) groups is 2. The Morgan fingerprint density at radius 2 is 1.69 bits per heavy atom. The van der Waals surface area contributed by atoms with Gasteiger partial charge in [0.05, 0.1) is 5.75 Å². The number of hydrogen-bond donors (Lipinski definition) is 1. The number of benzene rings is 1. The lowest BCUT2D eigenvalue weighted by Gasteiger charge is -2.27. The van der Waals surface area contributed by atoms with E-state index in [0.717, 1.165) is 19.6 Å². The summed E-state index contributed by atoms with van der Waals surface area (Å²) in [4.78, 5) is 36.3. The van der Waals surface area contributed by atoms with E-state index in [1.54, 1.807) is 24.3 Å². The summed E-state index contributed by atoms with van der Waals surface area (Å²) in [5, 5.41) is 2.61. The Balaban J connectivity index is 1.37. The first-order valence-electron chi connectivity index (χ1n) is 11.9. The van der Waals surface area contributed by atoms with Crippen LogP contribution < -0.4 is 10.2 Å². The van der Waals surface area contributed by atoms with E-state index in [9.17, 15) is 18.0 Å². The summed E-state index contributed by atoms with van der Waals surface area (Å²) in [6.07, 6.45) is 4.47. The lowest BCUT2D eigenvalue weighted by atomic mass is 10.1. The maximum atomic E-state index is 13.0. The minimum Gasteiger partial charge on any atom is -0.356 e. The molecule has 2 saturated heterocycles. The number of piperidine rings is 2. The first kappa shape index (κ1) is 25.5. The summed E-state index contributed by atoms with van der Waals surface area (Å²) in [5.41, 5.74) is 0.995. The molecule has 35 heavy (non-hydrogen) atoms. The van der Waals surface area contributed by atoms with Crippen molar-refractivity contribution < 1.29 is 18.0 Å². The predicted molar refractivity (Wildman–Crippen MR) is 133 cm³/mol. The van der Waals surface area contributed by atoms with Crippen LogP contribution >= 0.6 is 11.6 Å². The highest BCUT2D eigenvalue weighted by molar-refractivity contribution is 7.90. The van der Waals surface area contributed by atoms with Crippen LogP contribution in [0.5, 0.6) is 0 Å². The highest BCUT2D eigenvalue weighted by Crippen LogP contribution is 2.23. The van der Waals surface area contributed by atoms with E-state index in [2.05, 4.69) is 20.2 Å². The van der Waals surface area contributed by atoms with Crippen molar-refractivity contribution in [1.29, 1.82) is 0 Å². The minimum absolute atomic E-state index is 0.0297. The fourth-order valence-electron chi connectivity index (χ4n) is 4.32. The van der Waals surface area contributed by atoms with Gasteiger partial charge in [0, 0.05) is 50.7 Å². The van der Waals surface area contributed by atoms with Gasteiger partial charge in [-0.25, -0.2) is 18.4 Å². The van der Waals surface area contributed by atoms with Gasteiger partial charge in [-0.05, 0) is 43.6 Å². The number of nitrogens with zero attached hydrogens (tertiary/aromatic N) is 4. The Bertz CT molecular complexity index is 1160. The van der Waals surface area contributed by atoms with Gasteiger partial charge in [-0.2, -0.15) is 0 Å². The van der Waals surface area contributed by atoms with Gasteiger partial charge in [-0.15, -0.1) is 0 Å². The van der Waals surface area contributed by atoms with E-state index >= 15 is 0 Å². The Labute approximate surface area is 210 Å². The summed E-state index contributed by atoms with van der Waals surface area (Å²) in [6.45, 7) is 4.50. The zero-order valence-corrected chi connectivity index (χ0v) is 21.2. The molecule has 2 aromatic rings. The molecule has 2 aliphatic heterocycles. The monoisotopic (exact) mass is 519 g/mol. The van der Waals surface area contributed by atoms with E-state index in [1.807, 2.05) is 4.90 Å². The van der Waals surface area contributed by atoms with Crippen molar-refractivity contribution >= 4 is 38.9 Å². The second-order valence-electron chi connectivity index (χ2n) is 8.97. The zero-order chi connectivity index (χ0) is 24.8. The molecule has 2 fully saturated rings. The zero-order valence-electron chi connectivity index (χ0n) is 19.6. The molecule has 1 N–H and O–H groups in total. The molecule has 1 amide bonds. The standard InChI is InChI=1S/C24H30ClN5O4S/c25-21-16-22(30-13-8-20(31)9-14-30)28-24(27-21)35(33,34)17-18-4-6-19(7-5-18)23(32)26-10-15-29-11-2-1-3-12-29/h4-7,16H,1-3,8-15,17H2,(H,26,32). The maximum Gasteiger partial charge on any atom is 0.251 e. The van der Waals surface area contributed by atoms with Crippen LogP contribution in [0.15, 0.2) is 35.5 Å². The van der Waals surface area contributed by atoms with Crippen LogP contribution in [0.2, 0.25) is 5.15 Å². The lowest BCUT2D eigenvalue weighted by molar-refractivity contribution is -0.119. The number of rotatable bonds is 8. The molecule has 0 spiro atoms. The highest BCUT2D eigenvalue weighted by Gasteiger charge is 2.24. The number of anilines is 1. The predicted octanol–water partition coefficient (Wildman–Crippen LogP) is 2.49. The largest absolute Gasteiger partial charge is 0.356 e. The summed E-state index contributed by atoms with van der Waals surface area (Å²) in [5.74, 6) is 0.0718. The smallest absolute Gasteiger partial charge is 0.251 e. The van der Waals surface area contributed by atoms with Crippen LogP contribution in [0, 0.1) is 0 Å². The first-order valence-corrected chi connectivity index (χ1v) is 14.0. The topological polar surface area (TPSA) is 113 Å². The molecular formula is C24H30ClN5O4S. The molecule has 9 nitrogen and oxygen atoms in total. The number of halogens is 1. The van der Waals surface area contributed by atoms with Crippen LogP contribution in [0.4, 0.5) is 5.82 Å².